The van der Waals surface area contributed by atoms with Crippen molar-refractivity contribution < 1.29 is 13.5 Å². The van der Waals surface area contributed by atoms with Crippen LogP contribution in [0.4, 0.5) is 4.39 Å². The Morgan fingerprint density at radius 1 is 1.17 bits per heavy atom. The summed E-state index contributed by atoms with van der Waals surface area (Å²) >= 11 is 0. The summed E-state index contributed by atoms with van der Waals surface area (Å²) in [6.45, 7) is 10.1. The van der Waals surface area contributed by atoms with E-state index in [0.717, 1.165) is 56.6 Å². The SMILES string of the molecule is Cc1nc(CN2CCN(CCOc3cccc(F)c3)CC2)oc1C. The van der Waals surface area contributed by atoms with Gasteiger partial charge in [0.2, 0.25) is 5.89 Å². The largest absolute Gasteiger partial charge is 0.492 e. The predicted molar refractivity (Wildman–Crippen MR) is 89.6 cm³/mol. The number of benzene rings is 1. The van der Waals surface area contributed by atoms with E-state index < -0.39 is 0 Å². The lowest BCUT2D eigenvalue weighted by molar-refractivity contribution is 0.106. The van der Waals surface area contributed by atoms with Crippen molar-refractivity contribution in [2.24, 2.45) is 0 Å². The van der Waals surface area contributed by atoms with Crippen LogP contribution in [-0.4, -0.2) is 54.1 Å². The summed E-state index contributed by atoms with van der Waals surface area (Å²) in [5, 5.41) is 0. The highest BCUT2D eigenvalue weighted by molar-refractivity contribution is 5.22. The van der Waals surface area contributed by atoms with Gasteiger partial charge in [-0.15, -0.1) is 0 Å². The van der Waals surface area contributed by atoms with Crippen LogP contribution in [0.1, 0.15) is 17.3 Å². The Bertz CT molecular complexity index is 647. The minimum Gasteiger partial charge on any atom is -0.492 e. The van der Waals surface area contributed by atoms with Gasteiger partial charge in [0, 0.05) is 38.8 Å². The Labute approximate surface area is 142 Å². The maximum absolute atomic E-state index is 13.1. The summed E-state index contributed by atoms with van der Waals surface area (Å²) in [5.74, 6) is 2.02. The van der Waals surface area contributed by atoms with Gasteiger partial charge in [-0.1, -0.05) is 6.07 Å². The molecule has 0 spiro atoms. The van der Waals surface area contributed by atoms with Crippen LogP contribution in [0.3, 0.4) is 0 Å². The van der Waals surface area contributed by atoms with E-state index in [1.165, 1.54) is 12.1 Å². The topological polar surface area (TPSA) is 41.7 Å². The minimum atomic E-state index is -0.266. The van der Waals surface area contributed by atoms with Gasteiger partial charge < -0.3 is 9.15 Å². The quantitative estimate of drug-likeness (QED) is 0.813. The molecule has 0 amide bonds. The third-order valence-electron chi connectivity index (χ3n) is 4.37. The number of hydrogen-bond donors (Lipinski definition) is 0. The molecule has 6 heteroatoms. The molecule has 1 aliphatic rings. The second kappa shape index (κ2) is 7.77. The number of aromatic nitrogens is 1. The normalized spacial score (nSPS) is 16.5. The summed E-state index contributed by atoms with van der Waals surface area (Å²) in [4.78, 5) is 9.16. The van der Waals surface area contributed by atoms with E-state index in [1.807, 2.05) is 13.8 Å². The first-order valence-electron chi connectivity index (χ1n) is 8.36. The Hall–Kier alpha value is -1.92. The molecule has 2 heterocycles. The summed E-state index contributed by atoms with van der Waals surface area (Å²) in [6, 6.07) is 6.28. The number of halogens is 1. The molecule has 1 aliphatic heterocycles. The van der Waals surface area contributed by atoms with Gasteiger partial charge in [0.15, 0.2) is 0 Å². The number of aryl methyl sites for hydroxylation is 2. The van der Waals surface area contributed by atoms with Gasteiger partial charge in [-0.2, -0.15) is 0 Å². The van der Waals surface area contributed by atoms with Gasteiger partial charge in [-0.05, 0) is 26.0 Å². The van der Waals surface area contributed by atoms with E-state index >= 15 is 0 Å². The highest BCUT2D eigenvalue weighted by Crippen LogP contribution is 2.13. The Balaban J connectivity index is 1.37. The average Bonchev–Trinajstić information content (AvgIpc) is 2.87. The number of oxazole rings is 1. The zero-order valence-electron chi connectivity index (χ0n) is 14.3. The predicted octanol–water partition coefficient (Wildman–Crippen LogP) is 2.63. The molecule has 0 N–H and O–H groups in total. The molecule has 5 nitrogen and oxygen atoms in total. The average molecular weight is 333 g/mol. The highest BCUT2D eigenvalue weighted by Gasteiger charge is 2.18. The number of nitrogens with zero attached hydrogens (tertiary/aromatic N) is 3. The summed E-state index contributed by atoms with van der Waals surface area (Å²) in [7, 11) is 0. The lowest BCUT2D eigenvalue weighted by atomic mass is 10.3. The molecule has 24 heavy (non-hydrogen) atoms. The van der Waals surface area contributed by atoms with Crippen LogP contribution in [0.25, 0.3) is 0 Å². The second-order valence-corrected chi connectivity index (χ2v) is 6.17. The molecule has 1 aromatic heterocycles. The van der Waals surface area contributed by atoms with Gasteiger partial charge in [0.25, 0.3) is 0 Å². The fourth-order valence-electron chi connectivity index (χ4n) is 2.82. The molecule has 1 saturated heterocycles. The molecule has 2 aromatic rings. The molecule has 0 unspecified atom stereocenters. The lowest BCUT2D eigenvalue weighted by Crippen LogP contribution is -2.47. The fourth-order valence-corrected chi connectivity index (χ4v) is 2.82. The number of ether oxygens (including phenoxy) is 1. The fraction of sp³-hybridized carbons (Fsp3) is 0.500. The lowest BCUT2D eigenvalue weighted by Gasteiger charge is -2.33. The Kier molecular flexibility index (Phi) is 5.48. The van der Waals surface area contributed by atoms with E-state index in [9.17, 15) is 4.39 Å². The van der Waals surface area contributed by atoms with Gasteiger partial charge in [0.05, 0.1) is 12.2 Å². The van der Waals surface area contributed by atoms with Crippen LogP contribution < -0.4 is 4.74 Å². The maximum atomic E-state index is 13.1. The molecule has 1 fully saturated rings. The van der Waals surface area contributed by atoms with Crippen molar-refractivity contribution in [3.05, 3.63) is 47.4 Å². The second-order valence-electron chi connectivity index (χ2n) is 6.17. The third kappa shape index (κ3) is 4.55. The van der Waals surface area contributed by atoms with Crippen molar-refractivity contribution in [1.82, 2.24) is 14.8 Å². The molecule has 3 rings (SSSR count). The van der Waals surface area contributed by atoms with Crippen molar-refractivity contribution in [2.75, 3.05) is 39.3 Å². The van der Waals surface area contributed by atoms with E-state index in [0.29, 0.717) is 12.4 Å². The number of rotatable bonds is 6. The molecular weight excluding hydrogens is 309 g/mol. The van der Waals surface area contributed by atoms with Crippen molar-refractivity contribution >= 4 is 0 Å². The maximum Gasteiger partial charge on any atom is 0.208 e. The summed E-state index contributed by atoms with van der Waals surface area (Å²) < 4.78 is 24.3. The van der Waals surface area contributed by atoms with E-state index in [-0.39, 0.29) is 5.82 Å². The molecular formula is C18H24FN3O2. The Morgan fingerprint density at radius 2 is 1.92 bits per heavy atom. The van der Waals surface area contributed by atoms with Crippen LogP contribution in [0.15, 0.2) is 28.7 Å². The van der Waals surface area contributed by atoms with E-state index in [2.05, 4.69) is 14.8 Å². The van der Waals surface area contributed by atoms with Gasteiger partial charge >= 0.3 is 0 Å². The molecule has 130 valence electrons. The molecule has 0 atom stereocenters. The highest BCUT2D eigenvalue weighted by atomic mass is 19.1. The van der Waals surface area contributed by atoms with Crippen LogP contribution in [0, 0.1) is 19.7 Å². The van der Waals surface area contributed by atoms with Crippen LogP contribution in [0.2, 0.25) is 0 Å². The first-order chi connectivity index (χ1) is 11.6. The standard InChI is InChI=1S/C18H24FN3O2/c1-14-15(2)24-18(20-14)13-22-8-6-21(7-9-22)10-11-23-17-5-3-4-16(19)12-17/h3-5,12H,6-11,13H2,1-2H3. The summed E-state index contributed by atoms with van der Waals surface area (Å²) in [6.07, 6.45) is 0. The summed E-state index contributed by atoms with van der Waals surface area (Å²) in [5.41, 5.74) is 0.970. The smallest absolute Gasteiger partial charge is 0.208 e. The van der Waals surface area contributed by atoms with Crippen molar-refractivity contribution in [2.45, 2.75) is 20.4 Å². The molecule has 1 aromatic carbocycles. The monoisotopic (exact) mass is 333 g/mol. The van der Waals surface area contributed by atoms with E-state index in [4.69, 9.17) is 9.15 Å². The number of piperazine rings is 1. The first-order valence-corrected chi connectivity index (χ1v) is 8.36. The van der Waals surface area contributed by atoms with Crippen molar-refractivity contribution in [3.63, 3.8) is 0 Å². The molecule has 0 bridgehead atoms. The minimum absolute atomic E-state index is 0.266. The molecule has 0 aliphatic carbocycles. The number of hydrogen-bond acceptors (Lipinski definition) is 5. The zero-order valence-corrected chi connectivity index (χ0v) is 14.3. The van der Waals surface area contributed by atoms with Crippen molar-refractivity contribution in [1.29, 1.82) is 0 Å². The first kappa shape index (κ1) is 16.9. The van der Waals surface area contributed by atoms with Crippen LogP contribution >= 0.6 is 0 Å². The zero-order chi connectivity index (χ0) is 16.9. The van der Waals surface area contributed by atoms with Crippen LogP contribution in [-0.2, 0) is 6.54 Å². The van der Waals surface area contributed by atoms with Crippen molar-refractivity contribution in [3.8, 4) is 5.75 Å². The van der Waals surface area contributed by atoms with Crippen LogP contribution in [0.5, 0.6) is 5.75 Å². The van der Waals surface area contributed by atoms with E-state index in [1.54, 1.807) is 12.1 Å². The Morgan fingerprint density at radius 3 is 2.58 bits per heavy atom. The van der Waals surface area contributed by atoms with Gasteiger partial charge in [0.1, 0.15) is 23.9 Å². The third-order valence-corrected chi connectivity index (χ3v) is 4.37. The molecule has 0 saturated carbocycles. The van der Waals surface area contributed by atoms with Gasteiger partial charge in [-0.25, -0.2) is 9.37 Å². The van der Waals surface area contributed by atoms with Gasteiger partial charge in [-0.3, -0.25) is 9.80 Å². The molecule has 0 radical (unpaired) electrons.